The second-order valence-corrected chi connectivity index (χ2v) is 13.4. The van der Waals surface area contributed by atoms with Crippen LogP contribution in [0.15, 0.2) is 115 Å². The monoisotopic (exact) mass is 650 g/mol. The van der Waals surface area contributed by atoms with E-state index >= 15 is 0 Å². The van der Waals surface area contributed by atoms with E-state index < -0.39 is 5.60 Å². The van der Waals surface area contributed by atoms with E-state index in [4.69, 9.17) is 25.8 Å². The number of carbonyl (C=O) groups is 1. The SMILES string of the molecule is O=C(OCC1(COC2C=CC=C3Oc4ncccc4C(=CCCN4CCC(O)(c5ccc(Cl)cc5)CC4)C=C32)CC1)c1ccccc1. The number of piperidine rings is 1. The van der Waals surface area contributed by atoms with E-state index in [2.05, 4.69) is 22.0 Å². The number of aliphatic hydroxyl groups is 1. The largest absolute Gasteiger partial charge is 0.461 e. The molecule has 0 spiro atoms. The second-order valence-electron chi connectivity index (χ2n) is 13.0. The Bertz CT molecular complexity index is 1720. The van der Waals surface area contributed by atoms with Gasteiger partial charge in [-0.3, -0.25) is 0 Å². The number of ether oxygens (including phenoxy) is 3. The number of likely N-dealkylation sites (tertiary alicyclic amines) is 1. The van der Waals surface area contributed by atoms with Gasteiger partial charge in [0, 0.05) is 47.4 Å². The van der Waals surface area contributed by atoms with Gasteiger partial charge in [-0.1, -0.05) is 60.2 Å². The van der Waals surface area contributed by atoms with E-state index in [1.807, 2.05) is 72.8 Å². The van der Waals surface area contributed by atoms with Gasteiger partial charge < -0.3 is 24.2 Å². The first-order chi connectivity index (χ1) is 22.9. The summed E-state index contributed by atoms with van der Waals surface area (Å²) >= 11 is 6.06. The lowest BCUT2D eigenvalue weighted by atomic mass is 9.84. The average molecular weight is 651 g/mol. The van der Waals surface area contributed by atoms with Crippen molar-refractivity contribution >= 4 is 23.1 Å². The number of nitrogens with zero attached hydrogens (tertiary/aromatic N) is 2. The number of carbonyl (C=O) groups excluding carboxylic acids is 1. The molecule has 1 unspecified atom stereocenters. The molecular weight excluding hydrogens is 612 g/mol. The smallest absolute Gasteiger partial charge is 0.338 e. The first kappa shape index (κ1) is 31.6. The fraction of sp³-hybridized carbons (Fsp3) is 0.333. The standard InChI is InChI=1S/C39H39ClN2O5/c40-31-15-13-30(14-16-31)39(44)19-23-42(24-20-39)22-6-9-29-25-33-34(11-4-12-35(33)47-36-32(29)10-5-21-41-36)45-26-38(17-18-38)27-46-37(43)28-7-2-1-3-8-28/h1-5,7-16,21,25,34,44H,6,17-20,22-24,26-27H2. The topological polar surface area (TPSA) is 81.1 Å². The number of aromatic nitrogens is 1. The Labute approximate surface area is 280 Å². The van der Waals surface area contributed by atoms with Crippen LogP contribution in [0.5, 0.6) is 5.88 Å². The molecule has 4 aliphatic rings. The lowest BCUT2D eigenvalue weighted by Crippen LogP contribution is -2.42. The molecule has 3 aromatic rings. The summed E-state index contributed by atoms with van der Waals surface area (Å²) in [5.74, 6) is 0.989. The predicted molar refractivity (Wildman–Crippen MR) is 182 cm³/mol. The highest BCUT2D eigenvalue weighted by Crippen LogP contribution is 2.47. The van der Waals surface area contributed by atoms with Crippen molar-refractivity contribution in [3.8, 4) is 5.88 Å². The number of fused-ring (bicyclic) bond motifs is 2. The Morgan fingerprint density at radius 1 is 1.02 bits per heavy atom. The summed E-state index contributed by atoms with van der Waals surface area (Å²) in [5.41, 5.74) is 3.44. The Hall–Kier alpha value is -4.01. The summed E-state index contributed by atoms with van der Waals surface area (Å²) in [6.45, 7) is 3.34. The summed E-state index contributed by atoms with van der Waals surface area (Å²) in [7, 11) is 0. The molecule has 2 aromatic carbocycles. The molecule has 1 saturated heterocycles. The Morgan fingerprint density at radius 3 is 2.57 bits per heavy atom. The summed E-state index contributed by atoms with van der Waals surface area (Å²) < 4.78 is 18.6. The van der Waals surface area contributed by atoms with Crippen LogP contribution in [-0.4, -0.2) is 59.9 Å². The number of allylic oxidation sites excluding steroid dienone is 4. The average Bonchev–Trinajstić information content (AvgIpc) is 3.90. The molecule has 0 radical (unpaired) electrons. The number of benzene rings is 2. The van der Waals surface area contributed by atoms with Crippen LogP contribution >= 0.6 is 11.6 Å². The molecule has 2 fully saturated rings. The maximum Gasteiger partial charge on any atom is 0.338 e. The molecule has 7 rings (SSSR count). The zero-order valence-electron chi connectivity index (χ0n) is 26.3. The molecule has 2 aliphatic heterocycles. The third kappa shape index (κ3) is 7.29. The normalized spacial score (nSPS) is 21.8. The Morgan fingerprint density at radius 2 is 1.81 bits per heavy atom. The maximum atomic E-state index is 12.5. The molecule has 242 valence electrons. The van der Waals surface area contributed by atoms with E-state index in [1.54, 1.807) is 18.3 Å². The van der Waals surface area contributed by atoms with Crippen LogP contribution in [0.1, 0.15) is 53.6 Å². The van der Waals surface area contributed by atoms with Gasteiger partial charge in [-0.25, -0.2) is 9.78 Å². The third-order valence-electron chi connectivity index (χ3n) is 9.64. The summed E-state index contributed by atoms with van der Waals surface area (Å²) in [5, 5.41) is 12.0. The zero-order valence-corrected chi connectivity index (χ0v) is 27.1. The fourth-order valence-electron chi connectivity index (χ4n) is 6.43. The molecule has 3 heterocycles. The van der Waals surface area contributed by atoms with Crippen molar-refractivity contribution in [2.45, 2.75) is 43.8 Å². The minimum absolute atomic E-state index is 0.164. The van der Waals surface area contributed by atoms with Crippen molar-refractivity contribution in [3.63, 3.8) is 0 Å². The minimum Gasteiger partial charge on any atom is -0.461 e. The molecular formula is C39H39ClN2O5. The van der Waals surface area contributed by atoms with Crippen molar-refractivity contribution in [1.29, 1.82) is 0 Å². The number of pyridine rings is 1. The first-order valence-corrected chi connectivity index (χ1v) is 16.8. The number of hydrogen-bond donors (Lipinski definition) is 1. The van der Waals surface area contributed by atoms with Crippen molar-refractivity contribution in [3.05, 3.63) is 136 Å². The van der Waals surface area contributed by atoms with Crippen LogP contribution in [0.4, 0.5) is 0 Å². The van der Waals surface area contributed by atoms with Crippen LogP contribution in [0.2, 0.25) is 5.02 Å². The van der Waals surface area contributed by atoms with Gasteiger partial charge >= 0.3 is 5.97 Å². The van der Waals surface area contributed by atoms with Crippen LogP contribution in [0.25, 0.3) is 5.57 Å². The minimum atomic E-state index is -0.817. The molecule has 0 amide bonds. The molecule has 2 aliphatic carbocycles. The molecule has 0 bridgehead atoms. The highest BCUT2D eigenvalue weighted by Gasteiger charge is 2.45. The van der Waals surface area contributed by atoms with Crippen molar-refractivity contribution < 1.29 is 24.1 Å². The summed E-state index contributed by atoms with van der Waals surface area (Å²) in [4.78, 5) is 19.5. The first-order valence-electron chi connectivity index (χ1n) is 16.4. The van der Waals surface area contributed by atoms with Crippen molar-refractivity contribution in [2.24, 2.45) is 5.41 Å². The van der Waals surface area contributed by atoms with Gasteiger partial charge in [0.1, 0.15) is 11.9 Å². The Balaban J connectivity index is 1.01. The lowest BCUT2D eigenvalue weighted by molar-refractivity contribution is -0.0254. The van der Waals surface area contributed by atoms with E-state index in [0.717, 1.165) is 66.9 Å². The van der Waals surface area contributed by atoms with Crippen LogP contribution < -0.4 is 4.74 Å². The maximum absolute atomic E-state index is 12.5. The van der Waals surface area contributed by atoms with Gasteiger partial charge in [0.25, 0.3) is 0 Å². The van der Waals surface area contributed by atoms with Crippen molar-refractivity contribution in [2.75, 3.05) is 32.8 Å². The molecule has 8 heteroatoms. The van der Waals surface area contributed by atoms with Gasteiger partial charge in [0.2, 0.25) is 5.88 Å². The second kappa shape index (κ2) is 13.6. The number of hydrogen-bond acceptors (Lipinski definition) is 7. The highest BCUT2D eigenvalue weighted by molar-refractivity contribution is 6.30. The molecule has 1 aromatic heterocycles. The summed E-state index contributed by atoms with van der Waals surface area (Å²) in [6, 6.07) is 20.6. The van der Waals surface area contributed by atoms with Gasteiger partial charge in [0.05, 0.1) is 24.4 Å². The number of halogens is 1. The molecule has 1 saturated carbocycles. The highest BCUT2D eigenvalue weighted by atomic mass is 35.5. The van der Waals surface area contributed by atoms with Gasteiger partial charge in [-0.15, -0.1) is 0 Å². The summed E-state index contributed by atoms with van der Waals surface area (Å²) in [6.07, 6.45) is 15.9. The van der Waals surface area contributed by atoms with E-state index in [0.29, 0.717) is 42.5 Å². The Kier molecular flexibility index (Phi) is 9.15. The van der Waals surface area contributed by atoms with Gasteiger partial charge in [-0.2, -0.15) is 0 Å². The van der Waals surface area contributed by atoms with Gasteiger partial charge in [0.15, 0.2) is 0 Å². The predicted octanol–water partition coefficient (Wildman–Crippen LogP) is 7.29. The molecule has 47 heavy (non-hydrogen) atoms. The number of rotatable bonds is 10. The van der Waals surface area contributed by atoms with E-state index in [9.17, 15) is 9.90 Å². The van der Waals surface area contributed by atoms with E-state index in [-0.39, 0.29) is 17.5 Å². The van der Waals surface area contributed by atoms with Crippen molar-refractivity contribution in [1.82, 2.24) is 9.88 Å². The number of esters is 1. The zero-order chi connectivity index (χ0) is 32.3. The van der Waals surface area contributed by atoms with Gasteiger partial charge in [-0.05, 0) is 91.8 Å². The van der Waals surface area contributed by atoms with E-state index in [1.165, 1.54) is 0 Å². The fourth-order valence-corrected chi connectivity index (χ4v) is 6.56. The van der Waals surface area contributed by atoms with Crippen LogP contribution in [-0.2, 0) is 15.1 Å². The quantitative estimate of drug-likeness (QED) is 0.231. The van der Waals surface area contributed by atoms with Crippen LogP contribution in [0.3, 0.4) is 0 Å². The molecule has 7 nitrogen and oxygen atoms in total. The molecule has 1 atom stereocenters. The van der Waals surface area contributed by atoms with Crippen LogP contribution in [0, 0.1) is 5.41 Å². The lowest BCUT2D eigenvalue weighted by Gasteiger charge is -2.38. The molecule has 1 N–H and O–H groups in total. The third-order valence-corrected chi connectivity index (χ3v) is 9.90.